The summed E-state index contributed by atoms with van der Waals surface area (Å²) < 4.78 is 56.0. The lowest BCUT2D eigenvalue weighted by Gasteiger charge is -2.18. The zero-order chi connectivity index (χ0) is 23.2. The third-order valence-electron chi connectivity index (χ3n) is 4.27. The first kappa shape index (κ1) is 25.0. The molecule has 0 amide bonds. The number of H-pyrrole nitrogens is 1. The smallest absolute Gasteiger partial charge is 0.423 e. The van der Waals surface area contributed by atoms with Crippen LogP contribution in [0.2, 0.25) is 0 Å². The minimum atomic E-state index is -4.96. The Bertz CT molecular complexity index is 924. The highest BCUT2D eigenvalue weighted by atomic mass is 32.2. The van der Waals surface area contributed by atoms with Crippen molar-refractivity contribution < 1.29 is 32.2 Å². The molecule has 0 radical (unpaired) electrons. The molecule has 0 saturated carbocycles. The second kappa shape index (κ2) is 10.9. The summed E-state index contributed by atoms with van der Waals surface area (Å²) in [6.07, 6.45) is -2.22. The molecule has 172 valence electrons. The maximum absolute atomic E-state index is 13.0. The third kappa shape index (κ3) is 7.13. The van der Waals surface area contributed by atoms with E-state index in [1.165, 1.54) is 0 Å². The van der Waals surface area contributed by atoms with Crippen LogP contribution in [0.15, 0.2) is 15.8 Å². The normalized spacial score (nSPS) is 21.3. The molecular weight excluding hydrogens is 443 g/mol. The minimum Gasteiger partial charge on any atom is -0.455 e. The van der Waals surface area contributed by atoms with Gasteiger partial charge < -0.3 is 19.1 Å². The van der Waals surface area contributed by atoms with E-state index in [9.17, 15) is 27.6 Å². The molecule has 0 unspecified atom stereocenters. The first-order chi connectivity index (χ1) is 14.5. The summed E-state index contributed by atoms with van der Waals surface area (Å²) >= 11 is 0.962. The highest BCUT2D eigenvalue weighted by Crippen LogP contribution is 2.32. The second-order valence-corrected chi connectivity index (χ2v) is 7.87. The summed E-state index contributed by atoms with van der Waals surface area (Å²) in [7, 11) is 3.71. The second-order valence-electron chi connectivity index (χ2n) is 6.84. The van der Waals surface area contributed by atoms with Crippen LogP contribution >= 0.6 is 11.8 Å². The number of carbonyl (C=O) groups is 1. The van der Waals surface area contributed by atoms with Gasteiger partial charge >= 0.3 is 17.2 Å². The van der Waals surface area contributed by atoms with Crippen molar-refractivity contribution in [1.29, 1.82) is 0 Å². The number of hydrogen-bond donors (Lipinski definition) is 1. The monoisotopic (exact) mass is 465 g/mol. The van der Waals surface area contributed by atoms with E-state index in [4.69, 9.17) is 20.6 Å². The molecule has 1 aliphatic rings. The topological polar surface area (TPSA) is 103 Å². The van der Waals surface area contributed by atoms with Gasteiger partial charge in [0.1, 0.15) is 31.1 Å². The van der Waals surface area contributed by atoms with E-state index < -0.39 is 46.7 Å². The lowest BCUT2D eigenvalue weighted by Crippen LogP contribution is -2.36. The van der Waals surface area contributed by atoms with E-state index >= 15 is 0 Å². The molecule has 9 nitrogen and oxygen atoms in total. The highest BCUT2D eigenvalue weighted by Gasteiger charge is 2.40. The Hall–Kier alpha value is -2.27. The van der Waals surface area contributed by atoms with Crippen LogP contribution in [0, 0.1) is 12.3 Å². The van der Waals surface area contributed by atoms with Crippen molar-refractivity contribution in [3.05, 3.63) is 32.6 Å². The van der Waals surface area contributed by atoms with Gasteiger partial charge in [0.15, 0.2) is 0 Å². The van der Waals surface area contributed by atoms with Crippen LogP contribution < -0.4 is 11.2 Å². The number of ether oxygens (including phenoxy) is 3. The van der Waals surface area contributed by atoms with Crippen LogP contribution in [0.3, 0.4) is 0 Å². The summed E-state index contributed by atoms with van der Waals surface area (Å²) in [6, 6.07) is 0. The number of terminal acetylenes is 1. The van der Waals surface area contributed by atoms with E-state index in [-0.39, 0.29) is 19.6 Å². The lowest BCUT2D eigenvalue weighted by molar-refractivity contribution is -0.139. The minimum absolute atomic E-state index is 0.0408. The summed E-state index contributed by atoms with van der Waals surface area (Å²) in [6.45, 7) is 0.299. The quantitative estimate of drug-likeness (QED) is 0.453. The number of hydrogen-bond acceptors (Lipinski definition) is 8. The SMILES string of the molecule is C#CCO[C@H]1C[C@H](n2cc(C(F)(F)F)c(=O)[nH]c2=O)O[C@@H]1COC(=O)SCCN(C)C. The van der Waals surface area contributed by atoms with Gasteiger partial charge in [-0.25, -0.2) is 9.59 Å². The van der Waals surface area contributed by atoms with E-state index in [1.807, 2.05) is 19.0 Å². The Morgan fingerprint density at radius 2 is 2.16 bits per heavy atom. The number of aromatic amines is 1. The van der Waals surface area contributed by atoms with Crippen molar-refractivity contribution in [1.82, 2.24) is 14.5 Å². The van der Waals surface area contributed by atoms with Crippen LogP contribution in [0.5, 0.6) is 0 Å². The average molecular weight is 465 g/mol. The van der Waals surface area contributed by atoms with Crippen LogP contribution in [0.1, 0.15) is 18.2 Å². The molecule has 0 bridgehead atoms. The Kier molecular flexibility index (Phi) is 8.75. The Morgan fingerprint density at radius 1 is 1.45 bits per heavy atom. The molecule has 1 aromatic heterocycles. The van der Waals surface area contributed by atoms with Crippen molar-refractivity contribution in [3.8, 4) is 12.3 Å². The summed E-state index contributed by atoms with van der Waals surface area (Å²) in [5, 5.41) is -0.551. The third-order valence-corrected chi connectivity index (χ3v) is 5.01. The molecule has 1 aromatic rings. The average Bonchev–Trinajstić information content (AvgIpc) is 3.06. The van der Waals surface area contributed by atoms with Crippen LogP contribution in [0.25, 0.3) is 0 Å². The van der Waals surface area contributed by atoms with Gasteiger partial charge in [0, 0.05) is 24.9 Å². The molecule has 31 heavy (non-hydrogen) atoms. The van der Waals surface area contributed by atoms with Crippen molar-refractivity contribution >= 4 is 17.1 Å². The molecule has 2 heterocycles. The summed E-state index contributed by atoms with van der Waals surface area (Å²) in [4.78, 5) is 39.0. The van der Waals surface area contributed by atoms with Gasteiger partial charge in [0.2, 0.25) is 0 Å². The van der Waals surface area contributed by atoms with Gasteiger partial charge in [-0.05, 0) is 25.9 Å². The Labute approximate surface area is 179 Å². The van der Waals surface area contributed by atoms with Gasteiger partial charge in [-0.15, -0.1) is 6.42 Å². The molecular formula is C18H22F3N3O6S. The number of rotatable bonds is 8. The van der Waals surface area contributed by atoms with E-state index in [1.54, 1.807) is 4.98 Å². The van der Waals surface area contributed by atoms with E-state index in [0.717, 1.165) is 11.8 Å². The van der Waals surface area contributed by atoms with Gasteiger partial charge in [0.25, 0.3) is 5.56 Å². The Morgan fingerprint density at radius 3 is 2.77 bits per heavy atom. The number of thioether (sulfide) groups is 1. The fourth-order valence-corrected chi connectivity index (χ4v) is 3.53. The molecule has 3 atom stereocenters. The molecule has 13 heteroatoms. The number of carbonyl (C=O) groups excluding carboxylic acids is 1. The van der Waals surface area contributed by atoms with Crippen molar-refractivity contribution in [2.75, 3.05) is 39.6 Å². The van der Waals surface area contributed by atoms with Gasteiger partial charge in [-0.1, -0.05) is 5.92 Å². The molecule has 1 saturated heterocycles. The molecule has 0 aliphatic carbocycles. The lowest BCUT2D eigenvalue weighted by atomic mass is 10.2. The van der Waals surface area contributed by atoms with Crippen molar-refractivity contribution in [2.24, 2.45) is 0 Å². The van der Waals surface area contributed by atoms with Gasteiger partial charge in [0.05, 0.1) is 6.10 Å². The maximum Gasteiger partial charge on any atom is 0.423 e. The number of aromatic nitrogens is 2. The van der Waals surface area contributed by atoms with Crippen LogP contribution in [0.4, 0.5) is 18.0 Å². The predicted molar refractivity (Wildman–Crippen MR) is 106 cm³/mol. The molecule has 0 aromatic carbocycles. The van der Waals surface area contributed by atoms with E-state index in [2.05, 4.69) is 5.92 Å². The maximum atomic E-state index is 13.0. The van der Waals surface area contributed by atoms with Crippen molar-refractivity contribution in [2.45, 2.75) is 31.0 Å². The summed E-state index contributed by atoms with van der Waals surface area (Å²) in [5.41, 5.74) is -4.16. The predicted octanol–water partition coefficient (Wildman–Crippen LogP) is 1.29. The molecule has 1 N–H and O–H groups in total. The van der Waals surface area contributed by atoms with Gasteiger partial charge in [-0.3, -0.25) is 14.3 Å². The Balaban J connectivity index is 2.12. The standard InChI is InChI=1S/C18H22F3N3O6S/c1-4-6-28-12-8-14(24-9-11(18(19,20)21)15(25)22-16(24)26)30-13(12)10-29-17(27)31-7-5-23(2)3/h1,9,12-14H,5-8,10H2,2-3H3,(H,22,25,26)/t12-,13+,14+/m0/s1. The molecule has 0 spiro atoms. The highest BCUT2D eigenvalue weighted by molar-refractivity contribution is 8.13. The number of nitrogens with zero attached hydrogens (tertiary/aromatic N) is 2. The number of halogens is 3. The molecule has 1 aliphatic heterocycles. The zero-order valence-electron chi connectivity index (χ0n) is 16.8. The summed E-state index contributed by atoms with van der Waals surface area (Å²) in [5.74, 6) is 2.77. The molecule has 1 fully saturated rings. The zero-order valence-corrected chi connectivity index (χ0v) is 17.6. The van der Waals surface area contributed by atoms with Crippen LogP contribution in [-0.2, 0) is 20.4 Å². The van der Waals surface area contributed by atoms with Gasteiger partial charge in [-0.2, -0.15) is 13.2 Å². The first-order valence-corrected chi connectivity index (χ1v) is 10.1. The number of nitrogens with one attached hydrogen (secondary N) is 1. The molecule has 2 rings (SSSR count). The fourth-order valence-electron chi connectivity index (χ4n) is 2.76. The first-order valence-electron chi connectivity index (χ1n) is 9.10. The largest absolute Gasteiger partial charge is 0.455 e. The van der Waals surface area contributed by atoms with E-state index in [0.29, 0.717) is 23.1 Å². The fraction of sp³-hybridized carbons (Fsp3) is 0.611. The van der Waals surface area contributed by atoms with Crippen LogP contribution in [-0.4, -0.2) is 71.6 Å². The van der Waals surface area contributed by atoms with Crippen molar-refractivity contribution in [3.63, 3.8) is 0 Å². The number of alkyl halides is 3.